The van der Waals surface area contributed by atoms with Gasteiger partial charge in [-0.25, -0.2) is 0 Å². The summed E-state index contributed by atoms with van der Waals surface area (Å²) in [5, 5.41) is 1.87. The standard InChI is InChI=1S/C11H9Cl2F6N/c1-20-8(6-3-2-5(12)4-7(6)13)9(10(14,15)16)11(17,18)19/h2-4,8-9,20H,1H3. The maximum atomic E-state index is 12.7. The van der Waals surface area contributed by atoms with Gasteiger partial charge in [0, 0.05) is 10.0 Å². The molecular formula is C11H9Cl2F6N. The van der Waals surface area contributed by atoms with E-state index in [1.165, 1.54) is 6.07 Å². The molecule has 1 atom stereocenters. The van der Waals surface area contributed by atoms with Gasteiger partial charge < -0.3 is 5.32 Å². The zero-order valence-corrected chi connectivity index (χ0v) is 11.4. The summed E-state index contributed by atoms with van der Waals surface area (Å²) in [6.45, 7) is 0. The summed E-state index contributed by atoms with van der Waals surface area (Å²) in [6.07, 6.45) is -10.9. The van der Waals surface area contributed by atoms with Crippen molar-refractivity contribution in [1.29, 1.82) is 0 Å². The lowest BCUT2D eigenvalue weighted by Crippen LogP contribution is -2.45. The molecule has 20 heavy (non-hydrogen) atoms. The molecule has 9 heteroatoms. The summed E-state index contributed by atoms with van der Waals surface area (Å²) in [6, 6.07) is 1.25. The highest BCUT2D eigenvalue weighted by Gasteiger charge is 2.60. The Kier molecular flexibility index (Phi) is 5.21. The first-order chi connectivity index (χ1) is 8.98. The van der Waals surface area contributed by atoms with Crippen molar-refractivity contribution < 1.29 is 26.3 Å². The fraction of sp³-hybridized carbons (Fsp3) is 0.455. The van der Waals surface area contributed by atoms with Crippen LogP contribution >= 0.6 is 23.2 Å². The van der Waals surface area contributed by atoms with Gasteiger partial charge in [-0.1, -0.05) is 29.3 Å². The fourth-order valence-corrected chi connectivity index (χ4v) is 2.35. The van der Waals surface area contributed by atoms with Crippen molar-refractivity contribution >= 4 is 23.2 Å². The average Bonchev–Trinajstić information content (AvgIpc) is 2.22. The van der Waals surface area contributed by atoms with Crippen molar-refractivity contribution in [1.82, 2.24) is 5.32 Å². The molecule has 0 fully saturated rings. The maximum Gasteiger partial charge on any atom is 0.402 e. The van der Waals surface area contributed by atoms with Crippen LogP contribution in [0.2, 0.25) is 10.0 Å². The zero-order valence-electron chi connectivity index (χ0n) is 9.91. The molecule has 1 unspecified atom stereocenters. The molecule has 0 saturated carbocycles. The molecule has 0 bridgehead atoms. The molecule has 0 spiro atoms. The summed E-state index contributed by atoms with van der Waals surface area (Å²) in [4.78, 5) is 0. The van der Waals surface area contributed by atoms with Gasteiger partial charge >= 0.3 is 12.4 Å². The molecule has 0 aliphatic rings. The first-order valence-electron chi connectivity index (χ1n) is 5.24. The Morgan fingerprint density at radius 3 is 1.85 bits per heavy atom. The lowest BCUT2D eigenvalue weighted by Gasteiger charge is -2.31. The number of rotatable bonds is 3. The monoisotopic (exact) mass is 339 g/mol. The Balaban J connectivity index is 3.34. The lowest BCUT2D eigenvalue weighted by molar-refractivity contribution is -0.292. The molecule has 1 rings (SSSR count). The van der Waals surface area contributed by atoms with Crippen molar-refractivity contribution in [3.05, 3.63) is 33.8 Å². The molecule has 1 aromatic rings. The molecule has 0 heterocycles. The molecule has 0 aromatic heterocycles. The van der Waals surface area contributed by atoms with Crippen molar-refractivity contribution in [2.45, 2.75) is 18.4 Å². The number of halogens is 8. The second kappa shape index (κ2) is 5.99. The van der Waals surface area contributed by atoms with Gasteiger partial charge in [-0.15, -0.1) is 0 Å². The van der Waals surface area contributed by atoms with Gasteiger partial charge in [0.05, 0.1) is 6.04 Å². The number of nitrogens with one attached hydrogen (secondary N) is 1. The van der Waals surface area contributed by atoms with Gasteiger partial charge in [0.25, 0.3) is 0 Å². The van der Waals surface area contributed by atoms with Crippen molar-refractivity contribution in [2.75, 3.05) is 7.05 Å². The second-order valence-electron chi connectivity index (χ2n) is 3.99. The third-order valence-electron chi connectivity index (χ3n) is 2.65. The Morgan fingerprint density at radius 1 is 1.00 bits per heavy atom. The van der Waals surface area contributed by atoms with E-state index in [4.69, 9.17) is 23.2 Å². The van der Waals surface area contributed by atoms with Crippen LogP contribution in [0.25, 0.3) is 0 Å². The van der Waals surface area contributed by atoms with Crippen LogP contribution in [0.4, 0.5) is 26.3 Å². The number of hydrogen-bond donors (Lipinski definition) is 1. The lowest BCUT2D eigenvalue weighted by atomic mass is 9.91. The minimum Gasteiger partial charge on any atom is -0.312 e. The van der Waals surface area contributed by atoms with Gasteiger partial charge in [0.2, 0.25) is 0 Å². The summed E-state index contributed by atoms with van der Waals surface area (Å²) >= 11 is 11.3. The highest BCUT2D eigenvalue weighted by atomic mass is 35.5. The summed E-state index contributed by atoms with van der Waals surface area (Å²) < 4.78 is 76.3. The SMILES string of the molecule is CNC(c1ccc(Cl)cc1Cl)C(C(F)(F)F)C(F)(F)F. The second-order valence-corrected chi connectivity index (χ2v) is 4.84. The van der Waals surface area contributed by atoms with E-state index in [0.29, 0.717) is 0 Å². The first-order valence-corrected chi connectivity index (χ1v) is 5.99. The van der Waals surface area contributed by atoms with E-state index >= 15 is 0 Å². The molecular weight excluding hydrogens is 331 g/mol. The van der Waals surface area contributed by atoms with Crippen LogP contribution < -0.4 is 5.32 Å². The van der Waals surface area contributed by atoms with Crippen LogP contribution in [-0.2, 0) is 0 Å². The largest absolute Gasteiger partial charge is 0.402 e. The number of benzene rings is 1. The van der Waals surface area contributed by atoms with E-state index in [1.807, 2.05) is 5.32 Å². The summed E-state index contributed by atoms with van der Waals surface area (Å²) in [5.41, 5.74) is -0.321. The Labute approximate surface area is 120 Å². The Bertz CT molecular complexity index is 457. The Morgan fingerprint density at radius 2 is 1.50 bits per heavy atom. The van der Waals surface area contributed by atoms with E-state index in [-0.39, 0.29) is 15.6 Å². The molecule has 1 aromatic carbocycles. The van der Waals surface area contributed by atoms with Gasteiger partial charge in [-0.3, -0.25) is 0 Å². The van der Waals surface area contributed by atoms with Gasteiger partial charge in [-0.05, 0) is 24.7 Å². The van der Waals surface area contributed by atoms with Crippen LogP contribution in [0, 0.1) is 5.92 Å². The van der Waals surface area contributed by atoms with Gasteiger partial charge in [-0.2, -0.15) is 26.3 Å². The van der Waals surface area contributed by atoms with Gasteiger partial charge in [0.1, 0.15) is 0 Å². The third kappa shape index (κ3) is 3.93. The molecule has 114 valence electrons. The van der Waals surface area contributed by atoms with E-state index in [1.54, 1.807) is 0 Å². The molecule has 0 saturated heterocycles. The highest BCUT2D eigenvalue weighted by Crippen LogP contribution is 2.47. The normalized spacial score (nSPS) is 14.7. The molecule has 1 N–H and O–H groups in total. The highest BCUT2D eigenvalue weighted by molar-refractivity contribution is 6.35. The molecule has 0 radical (unpaired) electrons. The number of hydrogen-bond acceptors (Lipinski definition) is 1. The van der Waals surface area contributed by atoms with E-state index in [9.17, 15) is 26.3 Å². The van der Waals surface area contributed by atoms with Crippen LogP contribution in [0.5, 0.6) is 0 Å². The quantitative estimate of drug-likeness (QED) is 0.764. The number of alkyl halides is 6. The predicted octanol–water partition coefficient (Wildman–Crippen LogP) is 4.99. The summed E-state index contributed by atoms with van der Waals surface area (Å²) in [7, 11) is 1.00. The topological polar surface area (TPSA) is 12.0 Å². The molecule has 0 amide bonds. The Hall–Kier alpha value is -0.660. The molecule has 0 aliphatic heterocycles. The van der Waals surface area contributed by atoms with Crippen molar-refractivity contribution in [2.24, 2.45) is 5.92 Å². The third-order valence-corrected chi connectivity index (χ3v) is 3.21. The maximum absolute atomic E-state index is 12.7. The van der Waals surface area contributed by atoms with Crippen LogP contribution in [0.1, 0.15) is 11.6 Å². The molecule has 1 nitrogen and oxygen atoms in total. The van der Waals surface area contributed by atoms with Crippen molar-refractivity contribution in [3.63, 3.8) is 0 Å². The van der Waals surface area contributed by atoms with Crippen LogP contribution in [0.15, 0.2) is 18.2 Å². The zero-order chi connectivity index (χ0) is 15.7. The minimum absolute atomic E-state index is 0.115. The van der Waals surface area contributed by atoms with Crippen molar-refractivity contribution in [3.8, 4) is 0 Å². The fourth-order valence-electron chi connectivity index (χ4n) is 1.82. The smallest absolute Gasteiger partial charge is 0.312 e. The predicted molar refractivity (Wildman–Crippen MR) is 63.9 cm³/mol. The average molecular weight is 340 g/mol. The van der Waals surface area contributed by atoms with Crippen LogP contribution in [-0.4, -0.2) is 19.4 Å². The molecule has 0 aliphatic carbocycles. The first kappa shape index (κ1) is 17.4. The van der Waals surface area contributed by atoms with Gasteiger partial charge in [0.15, 0.2) is 5.92 Å². The van der Waals surface area contributed by atoms with Crippen LogP contribution in [0.3, 0.4) is 0 Å². The minimum atomic E-state index is -5.46. The van der Waals surface area contributed by atoms with E-state index in [0.717, 1.165) is 19.2 Å². The summed E-state index contributed by atoms with van der Waals surface area (Å²) in [5.74, 6) is -3.57. The van der Waals surface area contributed by atoms with E-state index < -0.39 is 24.3 Å². The van der Waals surface area contributed by atoms with E-state index in [2.05, 4.69) is 0 Å².